The second-order valence-electron chi connectivity index (χ2n) is 12.5. The molecule has 0 spiro atoms. The smallest absolute Gasteiger partial charge is 0.411 e. The first-order chi connectivity index (χ1) is 25.3. The summed E-state index contributed by atoms with van der Waals surface area (Å²) in [7, 11) is 2.96. The molecule has 1 fully saturated rings. The Kier molecular flexibility index (Phi) is 10.8. The van der Waals surface area contributed by atoms with Crippen LogP contribution in [0.4, 0.5) is 39.4 Å². The molecule has 0 saturated carbocycles. The average molecular weight is 741 g/mol. The van der Waals surface area contributed by atoms with Crippen LogP contribution >= 0.6 is 0 Å². The van der Waals surface area contributed by atoms with Gasteiger partial charge in [-0.05, 0) is 48.4 Å². The Morgan fingerprint density at radius 2 is 1.92 bits per heavy atom. The second kappa shape index (κ2) is 15.3. The molecule has 0 bridgehead atoms. The fourth-order valence-corrected chi connectivity index (χ4v) is 6.56. The van der Waals surface area contributed by atoms with Gasteiger partial charge in [-0.1, -0.05) is 12.1 Å². The zero-order valence-corrected chi connectivity index (χ0v) is 28.9. The number of ether oxygens (including phenoxy) is 3. The number of aliphatic hydroxyl groups is 1. The molecule has 2 aliphatic heterocycles. The van der Waals surface area contributed by atoms with E-state index in [1.807, 2.05) is 0 Å². The van der Waals surface area contributed by atoms with Gasteiger partial charge >= 0.3 is 18.2 Å². The number of nitrogens with zero attached hydrogens (tertiary/aromatic N) is 5. The predicted octanol–water partition coefficient (Wildman–Crippen LogP) is 4.44. The predicted molar refractivity (Wildman–Crippen MR) is 184 cm³/mol. The van der Waals surface area contributed by atoms with Gasteiger partial charge < -0.3 is 29.5 Å². The molecule has 4 heterocycles. The minimum atomic E-state index is -4.64. The molecule has 0 radical (unpaired) electrons. The Morgan fingerprint density at radius 3 is 2.66 bits per heavy atom. The van der Waals surface area contributed by atoms with Crippen LogP contribution in [0.15, 0.2) is 61.1 Å². The summed E-state index contributed by atoms with van der Waals surface area (Å²) >= 11 is 0. The van der Waals surface area contributed by atoms with Crippen molar-refractivity contribution in [3.63, 3.8) is 0 Å². The van der Waals surface area contributed by atoms with Crippen molar-refractivity contribution in [3.05, 3.63) is 89.1 Å². The molecular weight excluding hydrogens is 704 g/mol. The Hall–Kier alpha value is -5.39. The van der Waals surface area contributed by atoms with Gasteiger partial charge in [0.2, 0.25) is 0 Å². The van der Waals surface area contributed by atoms with Gasteiger partial charge in [0.05, 0.1) is 48.5 Å². The maximum atomic E-state index is 15.7. The highest BCUT2D eigenvalue weighted by molar-refractivity contribution is 6.10. The van der Waals surface area contributed by atoms with Crippen molar-refractivity contribution in [3.8, 4) is 0 Å². The van der Waals surface area contributed by atoms with E-state index >= 15 is 4.39 Å². The average Bonchev–Trinajstić information content (AvgIpc) is 3.13. The fourth-order valence-electron chi connectivity index (χ4n) is 6.56. The zero-order chi connectivity index (χ0) is 38.0. The second-order valence-corrected chi connectivity index (χ2v) is 12.5. The van der Waals surface area contributed by atoms with Crippen LogP contribution in [0.5, 0.6) is 0 Å². The number of esters is 1. The van der Waals surface area contributed by atoms with Gasteiger partial charge in [0.1, 0.15) is 24.5 Å². The van der Waals surface area contributed by atoms with Crippen LogP contribution in [-0.4, -0.2) is 98.4 Å². The maximum absolute atomic E-state index is 15.7. The molecule has 17 heteroatoms. The van der Waals surface area contributed by atoms with Crippen molar-refractivity contribution < 1.29 is 51.3 Å². The van der Waals surface area contributed by atoms with E-state index in [1.54, 1.807) is 37.4 Å². The zero-order valence-electron chi connectivity index (χ0n) is 28.9. The van der Waals surface area contributed by atoms with Gasteiger partial charge in [0.15, 0.2) is 6.23 Å². The van der Waals surface area contributed by atoms with Crippen LogP contribution in [0.2, 0.25) is 0 Å². The molecule has 1 saturated heterocycles. The molecule has 3 amide bonds. The molecule has 3 atom stereocenters. The SMILES string of the molecule is COCCOC(=O)C(Cc1ccc(N2C(=O)N(C)c3cnccc3C2O)c2ncccc12)NC(=O)c1c(C)cc(N2CCOC[C@@H]2C(F)(F)F)cc1F. The van der Waals surface area contributed by atoms with E-state index in [0.717, 1.165) is 11.0 Å². The van der Waals surface area contributed by atoms with E-state index in [9.17, 15) is 32.7 Å². The van der Waals surface area contributed by atoms with Crippen molar-refractivity contribution in [1.29, 1.82) is 0 Å². The maximum Gasteiger partial charge on any atom is 0.411 e. The molecule has 2 aromatic heterocycles. The summed E-state index contributed by atoms with van der Waals surface area (Å²) in [4.78, 5) is 52.7. The first-order valence-electron chi connectivity index (χ1n) is 16.5. The highest BCUT2D eigenvalue weighted by Crippen LogP contribution is 2.40. The van der Waals surface area contributed by atoms with Crippen LogP contribution in [0, 0.1) is 12.7 Å². The molecule has 6 rings (SSSR count). The molecular formula is C36H36F4N6O7. The lowest BCUT2D eigenvalue weighted by Gasteiger charge is -2.38. The topological polar surface area (TPSA) is 147 Å². The van der Waals surface area contributed by atoms with Crippen molar-refractivity contribution >= 4 is 45.9 Å². The quantitative estimate of drug-likeness (QED) is 0.136. The van der Waals surface area contributed by atoms with Crippen LogP contribution in [0.1, 0.15) is 33.3 Å². The van der Waals surface area contributed by atoms with Crippen LogP contribution < -0.4 is 20.0 Å². The van der Waals surface area contributed by atoms with Crippen LogP contribution in [-0.2, 0) is 25.4 Å². The number of alkyl halides is 3. The Balaban J connectivity index is 1.31. The molecule has 13 nitrogen and oxygen atoms in total. The minimum Gasteiger partial charge on any atom is -0.462 e. The van der Waals surface area contributed by atoms with Crippen LogP contribution in [0.25, 0.3) is 10.9 Å². The number of aliphatic hydroxyl groups excluding tert-OH is 1. The van der Waals surface area contributed by atoms with E-state index in [-0.39, 0.29) is 49.7 Å². The highest BCUT2D eigenvalue weighted by atomic mass is 19.4. The number of carbonyl (C=O) groups excluding carboxylic acids is 3. The molecule has 0 aliphatic carbocycles. The number of halogens is 4. The van der Waals surface area contributed by atoms with E-state index in [4.69, 9.17) is 14.2 Å². The molecule has 2 aromatic carbocycles. The third kappa shape index (κ3) is 7.45. The summed E-state index contributed by atoms with van der Waals surface area (Å²) in [5.74, 6) is -2.93. The third-order valence-corrected chi connectivity index (χ3v) is 9.19. The van der Waals surface area contributed by atoms with E-state index in [1.165, 1.54) is 48.5 Å². The summed E-state index contributed by atoms with van der Waals surface area (Å²) in [6, 6.07) is 6.33. The van der Waals surface area contributed by atoms with E-state index < -0.39 is 60.4 Å². The minimum absolute atomic E-state index is 0.00513. The lowest BCUT2D eigenvalue weighted by Crippen LogP contribution is -2.53. The lowest BCUT2D eigenvalue weighted by molar-refractivity contribution is -0.167. The monoisotopic (exact) mass is 740 g/mol. The van der Waals surface area contributed by atoms with Gasteiger partial charge in [0.25, 0.3) is 5.91 Å². The molecule has 2 N–H and O–H groups in total. The third-order valence-electron chi connectivity index (χ3n) is 9.19. The molecule has 4 aromatic rings. The molecule has 280 valence electrons. The Morgan fingerprint density at radius 1 is 1.13 bits per heavy atom. The number of benzene rings is 2. The van der Waals surface area contributed by atoms with E-state index in [2.05, 4.69) is 15.3 Å². The number of anilines is 3. The van der Waals surface area contributed by atoms with Crippen LogP contribution in [0.3, 0.4) is 0 Å². The molecule has 2 unspecified atom stereocenters. The fraction of sp³-hybridized carbons (Fsp3) is 0.361. The van der Waals surface area contributed by atoms with Gasteiger partial charge in [-0.3, -0.25) is 24.6 Å². The number of fused-ring (bicyclic) bond motifs is 2. The highest BCUT2D eigenvalue weighted by Gasteiger charge is 2.46. The first kappa shape index (κ1) is 37.4. The number of carbonyl (C=O) groups is 3. The summed E-state index contributed by atoms with van der Waals surface area (Å²) in [6.07, 6.45) is -1.72. The number of aryl methyl sites for hydroxylation is 1. The number of hydrogen-bond acceptors (Lipinski definition) is 10. The summed E-state index contributed by atoms with van der Waals surface area (Å²) in [5, 5.41) is 14.4. The number of pyridine rings is 2. The summed E-state index contributed by atoms with van der Waals surface area (Å²) in [6.45, 7) is 0.538. The summed E-state index contributed by atoms with van der Waals surface area (Å²) < 4.78 is 72.3. The number of methoxy groups -OCH3 is 1. The standard InChI is InChI=1S/C36H36F4N6O7/c1-20-15-22(45-11-12-52-19-29(45)36(38,39)40)17-25(37)30(20)32(47)43-26(34(49)53-14-13-51-3)16-21-6-7-27(31-23(21)5-4-9-42-31)46-33(48)24-8-10-41-18-28(24)44(2)35(46)50/h4-10,15,17-18,26,29,33,48H,11-14,16,19H2,1-3H3,(H,43,47)/t26?,29-,33?/m1/s1. The largest absolute Gasteiger partial charge is 0.462 e. The van der Waals surface area contributed by atoms with Gasteiger partial charge in [0, 0.05) is 56.2 Å². The number of urea groups is 1. The van der Waals surface area contributed by atoms with Gasteiger partial charge in [-0.2, -0.15) is 13.2 Å². The number of aromatic nitrogens is 2. The van der Waals surface area contributed by atoms with Crippen molar-refractivity contribution in [2.24, 2.45) is 0 Å². The van der Waals surface area contributed by atoms with Gasteiger partial charge in [-0.15, -0.1) is 0 Å². The van der Waals surface area contributed by atoms with E-state index in [0.29, 0.717) is 27.7 Å². The normalized spacial score (nSPS) is 18.2. The van der Waals surface area contributed by atoms with Gasteiger partial charge in [-0.25, -0.2) is 14.0 Å². The number of morpholine rings is 1. The summed E-state index contributed by atoms with van der Waals surface area (Å²) in [5.41, 5.74) is 1.46. The number of hydrogen-bond donors (Lipinski definition) is 2. The number of amides is 3. The first-order valence-corrected chi connectivity index (χ1v) is 16.5. The Bertz CT molecular complexity index is 2010. The van der Waals surface area contributed by atoms with Crippen molar-refractivity contribution in [2.45, 2.75) is 37.8 Å². The van der Waals surface area contributed by atoms with Crippen molar-refractivity contribution in [2.75, 3.05) is 61.8 Å². The Labute approximate surface area is 301 Å². The molecule has 53 heavy (non-hydrogen) atoms. The number of nitrogens with one attached hydrogen (secondary N) is 1. The lowest BCUT2D eigenvalue weighted by atomic mass is 9.98. The number of rotatable bonds is 10. The molecule has 2 aliphatic rings. The van der Waals surface area contributed by atoms with Crippen molar-refractivity contribution in [1.82, 2.24) is 15.3 Å².